The molecule has 2 aromatic carbocycles. The first-order valence-electron chi connectivity index (χ1n) is 10.1. The van der Waals surface area contributed by atoms with E-state index in [4.69, 9.17) is 10.5 Å². The third-order valence-corrected chi connectivity index (χ3v) is 5.15. The van der Waals surface area contributed by atoms with Gasteiger partial charge in [-0.3, -0.25) is 9.59 Å². The summed E-state index contributed by atoms with van der Waals surface area (Å²) in [6.07, 6.45) is 3.35. The minimum Gasteiger partial charge on any atom is -0.484 e. The number of nitrogens with two attached hydrogens (primary N) is 1. The monoisotopic (exact) mass is 395 g/mol. The molecule has 1 saturated carbocycles. The number of rotatable bonds is 8. The van der Waals surface area contributed by atoms with Crippen molar-refractivity contribution < 1.29 is 14.3 Å². The lowest BCUT2D eigenvalue weighted by Crippen LogP contribution is -2.31. The predicted octanol–water partition coefficient (Wildman–Crippen LogP) is 2.80. The predicted molar refractivity (Wildman–Crippen MR) is 114 cm³/mol. The van der Waals surface area contributed by atoms with Crippen molar-refractivity contribution in [3.8, 4) is 5.75 Å². The minimum absolute atomic E-state index is 0.0487. The Kier molecular flexibility index (Phi) is 7.25. The number of hydrogen-bond acceptors (Lipinski definition) is 4. The van der Waals surface area contributed by atoms with Crippen LogP contribution in [0.4, 0.5) is 5.69 Å². The van der Waals surface area contributed by atoms with E-state index in [-0.39, 0.29) is 30.4 Å². The summed E-state index contributed by atoms with van der Waals surface area (Å²) in [4.78, 5) is 24.1. The summed E-state index contributed by atoms with van der Waals surface area (Å²) in [6, 6.07) is 15.4. The second-order valence-electron chi connectivity index (χ2n) is 7.66. The van der Waals surface area contributed by atoms with Crippen LogP contribution in [0.3, 0.4) is 0 Å². The summed E-state index contributed by atoms with van der Waals surface area (Å²) in [5.41, 5.74) is 8.81. The second kappa shape index (κ2) is 10.1. The minimum atomic E-state index is -0.200. The molecule has 3 rings (SSSR count). The Morgan fingerprint density at radius 2 is 1.93 bits per heavy atom. The maximum atomic E-state index is 12.1. The van der Waals surface area contributed by atoms with E-state index in [9.17, 15) is 9.59 Å². The molecule has 29 heavy (non-hydrogen) atoms. The van der Waals surface area contributed by atoms with Crippen molar-refractivity contribution in [3.05, 3.63) is 59.7 Å². The molecule has 0 bridgehead atoms. The van der Waals surface area contributed by atoms with Gasteiger partial charge in [0, 0.05) is 24.2 Å². The SMILES string of the molecule is Cc1cccc(NC(=O)COc2ccc(CCNC(=O)C3CCC(N)C3)cc2)c1. The third kappa shape index (κ3) is 6.61. The summed E-state index contributed by atoms with van der Waals surface area (Å²) in [5, 5.41) is 5.81. The van der Waals surface area contributed by atoms with Crippen LogP contribution >= 0.6 is 0 Å². The highest BCUT2D eigenvalue weighted by molar-refractivity contribution is 5.91. The topological polar surface area (TPSA) is 93.5 Å². The fraction of sp³-hybridized carbons (Fsp3) is 0.391. The Morgan fingerprint density at radius 3 is 2.62 bits per heavy atom. The number of aryl methyl sites for hydroxylation is 1. The average molecular weight is 396 g/mol. The van der Waals surface area contributed by atoms with E-state index >= 15 is 0 Å². The number of nitrogens with one attached hydrogen (secondary N) is 2. The Bertz CT molecular complexity index is 836. The molecule has 0 spiro atoms. The van der Waals surface area contributed by atoms with Gasteiger partial charge in [-0.15, -0.1) is 0 Å². The van der Waals surface area contributed by atoms with E-state index in [1.165, 1.54) is 0 Å². The van der Waals surface area contributed by atoms with E-state index in [0.29, 0.717) is 12.3 Å². The molecule has 0 aromatic heterocycles. The Balaban J connectivity index is 1.37. The van der Waals surface area contributed by atoms with E-state index in [2.05, 4.69) is 10.6 Å². The maximum Gasteiger partial charge on any atom is 0.262 e. The van der Waals surface area contributed by atoms with Crippen molar-refractivity contribution in [1.82, 2.24) is 5.32 Å². The van der Waals surface area contributed by atoms with Crippen LogP contribution in [0, 0.1) is 12.8 Å². The summed E-state index contributed by atoms with van der Waals surface area (Å²) in [5.74, 6) is 0.607. The van der Waals surface area contributed by atoms with Crippen LogP contribution in [0.15, 0.2) is 48.5 Å². The van der Waals surface area contributed by atoms with E-state index in [1.807, 2.05) is 55.5 Å². The van der Waals surface area contributed by atoms with E-state index in [0.717, 1.165) is 42.5 Å². The fourth-order valence-electron chi connectivity index (χ4n) is 3.55. The largest absolute Gasteiger partial charge is 0.484 e. The van der Waals surface area contributed by atoms with Crippen LogP contribution in [0.5, 0.6) is 5.75 Å². The summed E-state index contributed by atoms with van der Waals surface area (Å²) in [7, 11) is 0. The van der Waals surface area contributed by atoms with Gasteiger partial charge in [0.1, 0.15) is 5.75 Å². The lowest BCUT2D eigenvalue weighted by molar-refractivity contribution is -0.124. The molecule has 154 valence electrons. The van der Waals surface area contributed by atoms with Gasteiger partial charge in [-0.05, 0) is 68.0 Å². The smallest absolute Gasteiger partial charge is 0.262 e. The van der Waals surface area contributed by atoms with Crippen LogP contribution in [-0.4, -0.2) is 31.0 Å². The van der Waals surface area contributed by atoms with Gasteiger partial charge in [0.25, 0.3) is 5.91 Å². The number of ether oxygens (including phenoxy) is 1. The standard InChI is InChI=1S/C23H29N3O3/c1-16-3-2-4-20(13-16)26-22(27)15-29-21-9-5-17(6-10-21)11-12-25-23(28)18-7-8-19(24)14-18/h2-6,9-10,13,18-19H,7-8,11-12,14-15,24H2,1H3,(H,25,28)(H,26,27). The number of hydrogen-bond donors (Lipinski definition) is 3. The molecule has 0 radical (unpaired) electrons. The fourth-order valence-corrected chi connectivity index (χ4v) is 3.55. The number of anilines is 1. The van der Waals surface area contributed by atoms with Gasteiger partial charge in [-0.1, -0.05) is 24.3 Å². The van der Waals surface area contributed by atoms with Gasteiger partial charge < -0.3 is 21.1 Å². The van der Waals surface area contributed by atoms with Crippen LogP contribution in [-0.2, 0) is 16.0 Å². The summed E-state index contributed by atoms with van der Waals surface area (Å²) < 4.78 is 5.55. The van der Waals surface area contributed by atoms with Crippen molar-refractivity contribution in [1.29, 1.82) is 0 Å². The molecular weight excluding hydrogens is 366 g/mol. The Morgan fingerprint density at radius 1 is 1.14 bits per heavy atom. The number of amides is 2. The van der Waals surface area contributed by atoms with Crippen LogP contribution < -0.4 is 21.1 Å². The molecule has 1 aliphatic rings. The average Bonchev–Trinajstić information content (AvgIpc) is 3.14. The van der Waals surface area contributed by atoms with Crippen molar-refractivity contribution in [2.75, 3.05) is 18.5 Å². The van der Waals surface area contributed by atoms with Crippen LogP contribution in [0.2, 0.25) is 0 Å². The molecular formula is C23H29N3O3. The third-order valence-electron chi connectivity index (χ3n) is 5.15. The summed E-state index contributed by atoms with van der Waals surface area (Å²) in [6.45, 7) is 2.53. The molecule has 6 nitrogen and oxygen atoms in total. The highest BCUT2D eigenvalue weighted by Gasteiger charge is 2.27. The van der Waals surface area contributed by atoms with E-state index < -0.39 is 0 Å². The zero-order valence-electron chi connectivity index (χ0n) is 16.8. The lowest BCUT2D eigenvalue weighted by Gasteiger charge is -2.11. The van der Waals surface area contributed by atoms with Crippen molar-refractivity contribution in [2.45, 2.75) is 38.6 Å². The molecule has 0 aliphatic heterocycles. The molecule has 2 aromatic rings. The first-order valence-corrected chi connectivity index (χ1v) is 10.1. The van der Waals surface area contributed by atoms with E-state index in [1.54, 1.807) is 0 Å². The zero-order valence-corrected chi connectivity index (χ0v) is 16.8. The maximum absolute atomic E-state index is 12.1. The molecule has 0 saturated heterocycles. The highest BCUT2D eigenvalue weighted by Crippen LogP contribution is 2.24. The Labute approximate surface area is 171 Å². The number of carbonyl (C=O) groups is 2. The molecule has 6 heteroatoms. The second-order valence-corrected chi connectivity index (χ2v) is 7.66. The van der Waals surface area contributed by atoms with Gasteiger partial charge in [-0.25, -0.2) is 0 Å². The molecule has 2 atom stereocenters. The molecule has 1 fully saturated rings. The molecule has 2 unspecified atom stereocenters. The summed E-state index contributed by atoms with van der Waals surface area (Å²) >= 11 is 0. The first-order chi connectivity index (χ1) is 14.0. The Hall–Kier alpha value is -2.86. The van der Waals surface area contributed by atoms with Crippen molar-refractivity contribution in [2.24, 2.45) is 11.7 Å². The quantitative estimate of drug-likeness (QED) is 0.641. The highest BCUT2D eigenvalue weighted by atomic mass is 16.5. The van der Waals surface area contributed by atoms with Crippen LogP contribution in [0.1, 0.15) is 30.4 Å². The van der Waals surface area contributed by atoms with Gasteiger partial charge in [0.2, 0.25) is 5.91 Å². The number of carbonyl (C=O) groups excluding carboxylic acids is 2. The molecule has 1 aliphatic carbocycles. The molecule has 0 heterocycles. The van der Waals surface area contributed by atoms with Gasteiger partial charge in [0.15, 0.2) is 6.61 Å². The first kappa shape index (κ1) is 20.9. The van der Waals surface area contributed by atoms with Crippen molar-refractivity contribution in [3.63, 3.8) is 0 Å². The molecule has 4 N–H and O–H groups in total. The lowest BCUT2D eigenvalue weighted by atomic mass is 10.1. The van der Waals surface area contributed by atoms with Gasteiger partial charge in [-0.2, -0.15) is 0 Å². The van der Waals surface area contributed by atoms with Gasteiger partial charge >= 0.3 is 0 Å². The van der Waals surface area contributed by atoms with Gasteiger partial charge in [0.05, 0.1) is 0 Å². The molecule has 2 amide bonds. The zero-order chi connectivity index (χ0) is 20.6. The normalized spacial score (nSPS) is 18.3. The number of benzene rings is 2. The van der Waals surface area contributed by atoms with Crippen LogP contribution in [0.25, 0.3) is 0 Å². The van der Waals surface area contributed by atoms with Crippen molar-refractivity contribution >= 4 is 17.5 Å².